The highest BCUT2D eigenvalue weighted by molar-refractivity contribution is 6.18. The van der Waals surface area contributed by atoms with E-state index in [-0.39, 0.29) is 0 Å². The summed E-state index contributed by atoms with van der Waals surface area (Å²) in [5, 5.41) is 9.29. The standard InChI is InChI=1S/C58H32N4/c1-3-13-35(14-4-1)53-47(29-37-31-49-43-23-9-17-33-19-11-25-45(51(33)43)55(49)61-57(37)59-53)41-27-28-42(40-22-8-7-21-39(40)41)48-30-38-32-50-44-24-10-18-34-20-12-26-46(52(34)44)56(50)62-58(38)60-54(48)36-15-5-2-6-16-36/h1-32H. The van der Waals surface area contributed by atoms with Gasteiger partial charge in [0.05, 0.1) is 22.8 Å². The van der Waals surface area contributed by atoms with Gasteiger partial charge in [-0.1, -0.05) is 170 Å². The summed E-state index contributed by atoms with van der Waals surface area (Å²) in [5.41, 5.74) is 18.9. The van der Waals surface area contributed by atoms with Crippen LogP contribution in [0.25, 0.3) is 144 Å². The highest BCUT2D eigenvalue weighted by atomic mass is 14.9. The molecule has 0 amide bonds. The van der Waals surface area contributed by atoms with Crippen molar-refractivity contribution in [1.82, 2.24) is 19.9 Å². The largest absolute Gasteiger partial charge is 0.227 e. The maximum absolute atomic E-state index is 5.43. The van der Waals surface area contributed by atoms with Crippen LogP contribution in [-0.4, -0.2) is 19.9 Å². The van der Waals surface area contributed by atoms with Crippen molar-refractivity contribution in [3.8, 4) is 89.5 Å². The normalized spacial score (nSPS) is 12.2. The summed E-state index contributed by atoms with van der Waals surface area (Å²) in [4.78, 5) is 21.5. The lowest BCUT2D eigenvalue weighted by atomic mass is 9.88. The number of hydrogen-bond acceptors (Lipinski definition) is 4. The first-order valence-corrected chi connectivity index (χ1v) is 21.1. The first-order chi connectivity index (χ1) is 30.7. The Balaban J connectivity index is 1.00. The van der Waals surface area contributed by atoms with E-state index in [0.29, 0.717) is 0 Å². The molecule has 14 rings (SSSR count). The van der Waals surface area contributed by atoms with E-state index in [1.165, 1.54) is 43.8 Å². The SMILES string of the molecule is c1ccc(-c2nc3nc4c(cc3cc2-c2ccc(-c3cc5cc6c(nc5nc3-c3ccccc3)-c3cccc5cccc-6c35)c3ccccc23)-c2cccc3cccc-4c23)cc1. The highest BCUT2D eigenvalue weighted by Gasteiger charge is 2.27. The fraction of sp³-hybridized carbons (Fsp3) is 0. The van der Waals surface area contributed by atoms with E-state index in [9.17, 15) is 0 Å². The average molecular weight is 785 g/mol. The van der Waals surface area contributed by atoms with Crippen LogP contribution in [0.1, 0.15) is 0 Å². The number of fused-ring (bicyclic) bond motifs is 9. The summed E-state index contributed by atoms with van der Waals surface area (Å²) in [6.45, 7) is 0. The molecule has 2 aliphatic carbocycles. The second kappa shape index (κ2) is 12.6. The van der Waals surface area contributed by atoms with Gasteiger partial charge in [-0.15, -0.1) is 0 Å². The van der Waals surface area contributed by atoms with Crippen LogP contribution >= 0.6 is 0 Å². The molecule has 0 N–H and O–H groups in total. The van der Waals surface area contributed by atoms with Gasteiger partial charge in [0.25, 0.3) is 0 Å². The van der Waals surface area contributed by atoms with Crippen LogP contribution in [0.15, 0.2) is 194 Å². The number of hydrogen-bond donors (Lipinski definition) is 0. The first kappa shape index (κ1) is 33.5. The van der Waals surface area contributed by atoms with Crippen molar-refractivity contribution in [2.45, 2.75) is 0 Å². The van der Waals surface area contributed by atoms with Gasteiger partial charge in [-0.25, -0.2) is 19.9 Å². The minimum Gasteiger partial charge on any atom is -0.227 e. The van der Waals surface area contributed by atoms with Gasteiger partial charge in [-0.3, -0.25) is 0 Å². The maximum Gasteiger partial charge on any atom is 0.160 e. The Morgan fingerprint density at radius 3 is 1.00 bits per heavy atom. The minimum atomic E-state index is 0.742. The van der Waals surface area contributed by atoms with Crippen LogP contribution in [0.5, 0.6) is 0 Å². The van der Waals surface area contributed by atoms with Crippen molar-refractivity contribution in [3.63, 3.8) is 0 Å². The van der Waals surface area contributed by atoms with Gasteiger partial charge in [0.1, 0.15) is 0 Å². The molecule has 0 spiro atoms. The van der Waals surface area contributed by atoms with Gasteiger partial charge in [0.2, 0.25) is 0 Å². The molecule has 284 valence electrons. The molecule has 4 heteroatoms. The molecule has 0 saturated heterocycles. The molecule has 2 aliphatic rings. The van der Waals surface area contributed by atoms with Crippen molar-refractivity contribution in [2.75, 3.05) is 0 Å². The van der Waals surface area contributed by atoms with Crippen molar-refractivity contribution < 1.29 is 0 Å². The molecule has 0 aliphatic heterocycles. The van der Waals surface area contributed by atoms with Gasteiger partial charge < -0.3 is 0 Å². The summed E-state index contributed by atoms with van der Waals surface area (Å²) in [5.74, 6) is 0. The summed E-state index contributed by atoms with van der Waals surface area (Å²) < 4.78 is 0. The third kappa shape index (κ3) is 4.72. The summed E-state index contributed by atoms with van der Waals surface area (Å²) in [6.07, 6.45) is 0. The molecule has 4 aromatic heterocycles. The molecule has 0 radical (unpaired) electrons. The molecule has 0 unspecified atom stereocenters. The lowest BCUT2D eigenvalue weighted by Gasteiger charge is -2.18. The van der Waals surface area contributed by atoms with E-state index in [4.69, 9.17) is 19.9 Å². The van der Waals surface area contributed by atoms with E-state index in [2.05, 4.69) is 194 Å². The average Bonchev–Trinajstić information content (AvgIpc) is 3.82. The van der Waals surface area contributed by atoms with E-state index in [1.54, 1.807) is 0 Å². The van der Waals surface area contributed by atoms with Crippen LogP contribution in [0, 0.1) is 0 Å². The number of pyridine rings is 4. The van der Waals surface area contributed by atoms with Gasteiger partial charge >= 0.3 is 0 Å². The minimum absolute atomic E-state index is 0.742. The maximum atomic E-state index is 5.43. The zero-order chi connectivity index (χ0) is 40.5. The molecule has 0 fully saturated rings. The molecule has 12 aromatic rings. The number of aromatic nitrogens is 4. The van der Waals surface area contributed by atoms with E-state index in [0.717, 1.165) is 100 Å². The van der Waals surface area contributed by atoms with Crippen LogP contribution < -0.4 is 0 Å². The summed E-state index contributed by atoms with van der Waals surface area (Å²) in [6, 6.07) is 69.7. The second-order valence-electron chi connectivity index (χ2n) is 16.5. The fourth-order valence-electron chi connectivity index (χ4n) is 10.4. The molecule has 0 saturated carbocycles. The zero-order valence-electron chi connectivity index (χ0n) is 33.3. The van der Waals surface area contributed by atoms with Crippen LogP contribution in [-0.2, 0) is 0 Å². The summed E-state index contributed by atoms with van der Waals surface area (Å²) in [7, 11) is 0. The fourth-order valence-corrected chi connectivity index (χ4v) is 10.4. The molecule has 4 heterocycles. The van der Waals surface area contributed by atoms with Gasteiger partial charge in [-0.05, 0) is 78.8 Å². The Labute approximate surface area is 356 Å². The predicted molar refractivity (Wildman–Crippen MR) is 256 cm³/mol. The van der Waals surface area contributed by atoms with E-state index >= 15 is 0 Å². The third-order valence-electron chi connectivity index (χ3n) is 13.1. The quantitative estimate of drug-likeness (QED) is 0.178. The van der Waals surface area contributed by atoms with E-state index < -0.39 is 0 Å². The lowest BCUT2D eigenvalue weighted by Crippen LogP contribution is -1.97. The molecule has 62 heavy (non-hydrogen) atoms. The highest BCUT2D eigenvalue weighted by Crippen LogP contribution is 2.50. The number of nitrogens with zero attached hydrogens (tertiary/aromatic N) is 4. The van der Waals surface area contributed by atoms with Gasteiger partial charge in [0.15, 0.2) is 11.3 Å². The molecular formula is C58H32N4. The summed E-state index contributed by atoms with van der Waals surface area (Å²) >= 11 is 0. The monoisotopic (exact) mass is 784 g/mol. The van der Waals surface area contributed by atoms with Crippen LogP contribution in [0.3, 0.4) is 0 Å². The Kier molecular flexibility index (Phi) is 6.80. The topological polar surface area (TPSA) is 51.6 Å². The lowest BCUT2D eigenvalue weighted by molar-refractivity contribution is 1.29. The van der Waals surface area contributed by atoms with Gasteiger partial charge in [0, 0.05) is 55.3 Å². The van der Waals surface area contributed by atoms with Crippen molar-refractivity contribution in [2.24, 2.45) is 0 Å². The Morgan fingerprint density at radius 1 is 0.226 bits per heavy atom. The van der Waals surface area contributed by atoms with E-state index in [1.807, 2.05) is 0 Å². The van der Waals surface area contributed by atoms with Crippen molar-refractivity contribution >= 4 is 54.4 Å². The predicted octanol–water partition coefficient (Wildman–Crippen LogP) is 15.0. The Morgan fingerprint density at radius 2 is 0.581 bits per heavy atom. The number of rotatable bonds is 4. The zero-order valence-corrected chi connectivity index (χ0v) is 33.3. The van der Waals surface area contributed by atoms with Crippen molar-refractivity contribution in [1.29, 1.82) is 0 Å². The molecule has 0 atom stereocenters. The van der Waals surface area contributed by atoms with Crippen LogP contribution in [0.2, 0.25) is 0 Å². The Hall–Kier alpha value is -8.34. The molecule has 0 bridgehead atoms. The van der Waals surface area contributed by atoms with Crippen LogP contribution in [0.4, 0.5) is 0 Å². The Bertz CT molecular complexity index is 3640. The first-order valence-electron chi connectivity index (χ1n) is 21.1. The molecular weight excluding hydrogens is 753 g/mol. The second-order valence-corrected chi connectivity index (χ2v) is 16.5. The smallest absolute Gasteiger partial charge is 0.160 e. The molecule has 8 aromatic carbocycles. The third-order valence-corrected chi connectivity index (χ3v) is 13.1. The van der Waals surface area contributed by atoms with Crippen molar-refractivity contribution in [3.05, 3.63) is 194 Å². The number of benzene rings is 8. The van der Waals surface area contributed by atoms with Gasteiger partial charge in [-0.2, -0.15) is 0 Å². The molecule has 4 nitrogen and oxygen atoms in total.